The number of amidine groups is 1. The van der Waals surface area contributed by atoms with Crippen molar-refractivity contribution in [3.63, 3.8) is 0 Å². The van der Waals surface area contributed by atoms with Gasteiger partial charge in [-0.05, 0) is 0 Å². The van der Waals surface area contributed by atoms with Crippen molar-refractivity contribution < 1.29 is 0 Å². The number of hydrogen-bond donors (Lipinski definition) is 1. The molecule has 7 heavy (non-hydrogen) atoms. The van der Waals surface area contributed by atoms with Gasteiger partial charge in [-0.2, -0.15) is 5.10 Å². The van der Waals surface area contributed by atoms with Crippen molar-refractivity contribution in [1.29, 1.82) is 0 Å². The van der Waals surface area contributed by atoms with Gasteiger partial charge >= 0.3 is 0 Å². The molecule has 0 fully saturated rings. The molecule has 2 N–H and O–H groups in total. The Balaban J connectivity index is 2.57. The molecule has 0 aliphatic carbocycles. The lowest BCUT2D eigenvalue weighted by atomic mass is 10.9. The molecule has 0 atom stereocenters. The van der Waals surface area contributed by atoms with E-state index in [2.05, 4.69) is 10.2 Å². The van der Waals surface area contributed by atoms with Gasteiger partial charge < -0.3 is 5.73 Å². The molecule has 1 aliphatic heterocycles. The molecule has 0 saturated heterocycles. The molecule has 0 spiro atoms. The minimum atomic E-state index is 0.558. The zero-order chi connectivity index (χ0) is 5.11. The van der Waals surface area contributed by atoms with Crippen molar-refractivity contribution in [1.82, 2.24) is 0 Å². The molecule has 0 aromatic rings. The van der Waals surface area contributed by atoms with Crippen LogP contribution in [0.5, 0.6) is 0 Å². The van der Waals surface area contributed by atoms with E-state index in [1.807, 2.05) is 0 Å². The molecule has 4 heteroatoms. The summed E-state index contributed by atoms with van der Waals surface area (Å²) >= 11 is 1.50. The molecule has 1 heterocycles. The predicted molar refractivity (Wildman–Crippen MR) is 32.6 cm³/mol. The van der Waals surface area contributed by atoms with Crippen LogP contribution >= 0.6 is 11.8 Å². The molecule has 0 aromatic carbocycles. The van der Waals surface area contributed by atoms with Crippen molar-refractivity contribution >= 4 is 23.1 Å². The van der Waals surface area contributed by atoms with Gasteiger partial charge in [-0.1, -0.05) is 11.8 Å². The van der Waals surface area contributed by atoms with E-state index in [9.17, 15) is 0 Å². The molecule has 0 saturated carbocycles. The number of thioether (sulfide) groups is 1. The minimum Gasteiger partial charge on any atom is -0.377 e. The molecule has 0 amide bonds. The third-order valence-electron chi connectivity index (χ3n) is 0.544. The highest BCUT2D eigenvalue weighted by molar-refractivity contribution is 8.14. The quantitative estimate of drug-likeness (QED) is 0.484. The maximum atomic E-state index is 5.23. The first kappa shape index (κ1) is 4.64. The Kier molecular flexibility index (Phi) is 1.31. The normalized spacial score (nSPS) is 19.1. The van der Waals surface area contributed by atoms with E-state index in [1.165, 1.54) is 11.8 Å². The van der Waals surface area contributed by atoms with Crippen LogP contribution in [0.15, 0.2) is 10.2 Å². The Labute approximate surface area is 45.7 Å². The highest BCUT2D eigenvalue weighted by atomic mass is 32.2. The molecular formula is C3H5N3S. The second-order valence-electron chi connectivity index (χ2n) is 1.05. The van der Waals surface area contributed by atoms with Crippen LogP contribution in [0.25, 0.3) is 0 Å². The van der Waals surface area contributed by atoms with E-state index in [1.54, 1.807) is 6.21 Å². The number of rotatable bonds is 0. The smallest absolute Gasteiger partial charge is 0.180 e. The zero-order valence-electron chi connectivity index (χ0n) is 3.66. The van der Waals surface area contributed by atoms with Crippen molar-refractivity contribution in [2.24, 2.45) is 15.9 Å². The lowest BCUT2D eigenvalue weighted by Crippen LogP contribution is -2.09. The van der Waals surface area contributed by atoms with Gasteiger partial charge in [0.1, 0.15) is 0 Å². The van der Waals surface area contributed by atoms with E-state index in [0.29, 0.717) is 5.17 Å². The van der Waals surface area contributed by atoms with Crippen LogP contribution in [0, 0.1) is 0 Å². The van der Waals surface area contributed by atoms with Gasteiger partial charge in [0.15, 0.2) is 5.17 Å². The summed E-state index contributed by atoms with van der Waals surface area (Å²) in [6, 6.07) is 0. The van der Waals surface area contributed by atoms with Gasteiger partial charge in [0.05, 0.1) is 0 Å². The van der Waals surface area contributed by atoms with Crippen molar-refractivity contribution in [3.8, 4) is 0 Å². The average Bonchev–Trinajstić information content (AvgIpc) is 1.69. The summed E-state index contributed by atoms with van der Waals surface area (Å²) in [6.45, 7) is 0. The SMILES string of the molecule is NC1=NN=CCS1. The van der Waals surface area contributed by atoms with E-state index in [4.69, 9.17) is 5.73 Å². The van der Waals surface area contributed by atoms with Crippen LogP contribution in [0.2, 0.25) is 0 Å². The highest BCUT2D eigenvalue weighted by Crippen LogP contribution is 2.00. The Morgan fingerprint density at radius 3 is 3.00 bits per heavy atom. The number of nitrogens with two attached hydrogens (primary N) is 1. The minimum absolute atomic E-state index is 0.558. The zero-order valence-corrected chi connectivity index (χ0v) is 4.48. The van der Waals surface area contributed by atoms with Crippen LogP contribution in [0.3, 0.4) is 0 Å². The average molecular weight is 115 g/mol. The van der Waals surface area contributed by atoms with E-state index in [-0.39, 0.29) is 0 Å². The first-order valence-corrected chi connectivity index (χ1v) is 2.86. The summed E-state index contributed by atoms with van der Waals surface area (Å²) in [7, 11) is 0. The monoisotopic (exact) mass is 115 g/mol. The fourth-order valence-electron chi connectivity index (χ4n) is 0.283. The van der Waals surface area contributed by atoms with E-state index < -0.39 is 0 Å². The molecule has 3 nitrogen and oxygen atoms in total. The predicted octanol–water partition coefficient (Wildman–Crippen LogP) is 0.0337. The van der Waals surface area contributed by atoms with E-state index in [0.717, 1.165) is 5.75 Å². The Bertz CT molecular complexity index is 117. The Morgan fingerprint density at radius 1 is 1.86 bits per heavy atom. The highest BCUT2D eigenvalue weighted by Gasteiger charge is 1.93. The molecule has 1 aliphatic rings. The van der Waals surface area contributed by atoms with Crippen molar-refractivity contribution in [2.75, 3.05) is 5.75 Å². The van der Waals surface area contributed by atoms with Gasteiger partial charge in [-0.25, -0.2) is 0 Å². The molecule has 1 rings (SSSR count). The second kappa shape index (κ2) is 1.97. The summed E-state index contributed by atoms with van der Waals surface area (Å²) in [5, 5.41) is 7.69. The van der Waals surface area contributed by atoms with Gasteiger partial charge in [0.2, 0.25) is 0 Å². The van der Waals surface area contributed by atoms with Crippen LogP contribution in [-0.4, -0.2) is 17.1 Å². The van der Waals surface area contributed by atoms with Gasteiger partial charge in [-0.15, -0.1) is 5.10 Å². The Morgan fingerprint density at radius 2 is 2.71 bits per heavy atom. The van der Waals surface area contributed by atoms with E-state index >= 15 is 0 Å². The van der Waals surface area contributed by atoms with Gasteiger partial charge in [0, 0.05) is 12.0 Å². The molecule has 38 valence electrons. The third-order valence-corrected chi connectivity index (χ3v) is 1.24. The number of hydrogen-bond acceptors (Lipinski definition) is 4. The van der Waals surface area contributed by atoms with Crippen LogP contribution in [0.1, 0.15) is 0 Å². The second-order valence-corrected chi connectivity index (χ2v) is 2.09. The summed E-state index contributed by atoms with van der Waals surface area (Å²) in [5.41, 5.74) is 5.23. The first-order chi connectivity index (χ1) is 3.39. The topological polar surface area (TPSA) is 50.7 Å². The summed E-state index contributed by atoms with van der Waals surface area (Å²) < 4.78 is 0. The fourth-order valence-corrected chi connectivity index (χ4v) is 0.699. The fraction of sp³-hybridized carbons (Fsp3) is 0.333. The number of nitrogens with zero attached hydrogens (tertiary/aromatic N) is 2. The Hall–Kier alpha value is -0.510. The third kappa shape index (κ3) is 1.19. The summed E-state index contributed by atoms with van der Waals surface area (Å²) in [4.78, 5) is 0. The van der Waals surface area contributed by atoms with Crippen LogP contribution in [-0.2, 0) is 0 Å². The summed E-state index contributed by atoms with van der Waals surface area (Å²) in [6.07, 6.45) is 1.72. The molecule has 0 bridgehead atoms. The molecule has 0 aromatic heterocycles. The summed E-state index contributed by atoms with van der Waals surface area (Å²) in [5.74, 6) is 0.856. The molecule has 0 radical (unpaired) electrons. The first-order valence-electron chi connectivity index (χ1n) is 1.87. The largest absolute Gasteiger partial charge is 0.377 e. The van der Waals surface area contributed by atoms with Gasteiger partial charge in [0.25, 0.3) is 0 Å². The standard InChI is InChI=1S/C3H5N3S/c4-3-6-5-1-2-7-3/h1H,2H2,(H2,4,6). The molecule has 0 unspecified atom stereocenters. The lowest BCUT2D eigenvalue weighted by molar-refractivity contribution is 1.24. The van der Waals surface area contributed by atoms with Crippen molar-refractivity contribution in [3.05, 3.63) is 0 Å². The van der Waals surface area contributed by atoms with Crippen LogP contribution in [0.4, 0.5) is 0 Å². The lowest BCUT2D eigenvalue weighted by Gasteiger charge is -1.95. The maximum absolute atomic E-state index is 5.23. The van der Waals surface area contributed by atoms with Crippen molar-refractivity contribution in [2.45, 2.75) is 0 Å². The maximum Gasteiger partial charge on any atom is 0.180 e. The van der Waals surface area contributed by atoms with Crippen LogP contribution < -0.4 is 5.73 Å². The van der Waals surface area contributed by atoms with Gasteiger partial charge in [-0.3, -0.25) is 0 Å². The molecular weight excluding hydrogens is 110 g/mol.